The molecule has 0 bridgehead atoms. The third kappa shape index (κ3) is 5.28. The third-order valence-electron chi connectivity index (χ3n) is 2.57. The van der Waals surface area contributed by atoms with E-state index in [0.717, 1.165) is 11.6 Å². The first-order valence-corrected chi connectivity index (χ1v) is 7.10. The predicted octanol–water partition coefficient (Wildman–Crippen LogP) is 5.44. The number of benzene rings is 2. The SMILES string of the molecule is O=C(O)/C=C/C=C/c1cccc(Oc2cc(Cl)cc(Cl)c2)c1. The van der Waals surface area contributed by atoms with Gasteiger partial charge in [-0.25, -0.2) is 4.79 Å². The molecule has 112 valence electrons. The highest BCUT2D eigenvalue weighted by Gasteiger charge is 2.01. The summed E-state index contributed by atoms with van der Waals surface area (Å²) in [5.41, 5.74) is 0.876. The third-order valence-corrected chi connectivity index (χ3v) is 3.00. The maximum atomic E-state index is 10.4. The van der Waals surface area contributed by atoms with Gasteiger partial charge in [0.15, 0.2) is 0 Å². The van der Waals surface area contributed by atoms with Crippen molar-refractivity contribution >= 4 is 35.2 Å². The summed E-state index contributed by atoms with van der Waals surface area (Å²) >= 11 is 11.9. The van der Waals surface area contributed by atoms with Gasteiger partial charge in [-0.2, -0.15) is 0 Å². The summed E-state index contributed by atoms with van der Waals surface area (Å²) in [5, 5.41) is 9.50. The number of rotatable bonds is 5. The van der Waals surface area contributed by atoms with Crippen LogP contribution in [0.2, 0.25) is 10.0 Å². The zero-order valence-corrected chi connectivity index (χ0v) is 12.9. The molecule has 0 aliphatic carbocycles. The maximum Gasteiger partial charge on any atom is 0.328 e. The minimum Gasteiger partial charge on any atom is -0.478 e. The number of carboxylic acids is 1. The van der Waals surface area contributed by atoms with E-state index in [9.17, 15) is 4.79 Å². The minimum absolute atomic E-state index is 0.498. The van der Waals surface area contributed by atoms with Crippen molar-refractivity contribution in [2.75, 3.05) is 0 Å². The summed E-state index contributed by atoms with van der Waals surface area (Å²) in [4.78, 5) is 10.4. The molecule has 1 N–H and O–H groups in total. The number of halogens is 2. The van der Waals surface area contributed by atoms with Gasteiger partial charge in [-0.3, -0.25) is 0 Å². The lowest BCUT2D eigenvalue weighted by Crippen LogP contribution is -1.85. The average molecular weight is 335 g/mol. The van der Waals surface area contributed by atoms with Gasteiger partial charge in [0.05, 0.1) is 0 Å². The highest BCUT2D eigenvalue weighted by atomic mass is 35.5. The van der Waals surface area contributed by atoms with Crippen molar-refractivity contribution < 1.29 is 14.6 Å². The fourth-order valence-electron chi connectivity index (χ4n) is 1.71. The van der Waals surface area contributed by atoms with Crippen LogP contribution in [0.5, 0.6) is 11.5 Å². The highest BCUT2D eigenvalue weighted by Crippen LogP contribution is 2.28. The molecule has 5 heteroatoms. The number of carbonyl (C=O) groups is 1. The monoisotopic (exact) mass is 334 g/mol. The van der Waals surface area contributed by atoms with Gasteiger partial charge in [0.2, 0.25) is 0 Å². The lowest BCUT2D eigenvalue weighted by Gasteiger charge is -2.07. The van der Waals surface area contributed by atoms with Gasteiger partial charge in [0, 0.05) is 16.1 Å². The second-order valence-electron chi connectivity index (χ2n) is 4.34. The zero-order valence-electron chi connectivity index (χ0n) is 11.4. The molecule has 0 saturated heterocycles. The van der Waals surface area contributed by atoms with Gasteiger partial charge >= 0.3 is 5.97 Å². The van der Waals surface area contributed by atoms with Gasteiger partial charge in [-0.1, -0.05) is 53.6 Å². The molecular formula is C17H12Cl2O3. The largest absolute Gasteiger partial charge is 0.478 e. The van der Waals surface area contributed by atoms with Crippen LogP contribution in [-0.2, 0) is 4.79 Å². The number of ether oxygens (including phenoxy) is 1. The standard InChI is InChI=1S/C17H12Cl2O3/c18-13-9-14(19)11-16(10-13)22-15-6-3-5-12(8-15)4-1-2-7-17(20)21/h1-11H,(H,20,21)/b4-1+,7-2+. The van der Waals surface area contributed by atoms with E-state index in [1.165, 1.54) is 6.08 Å². The van der Waals surface area contributed by atoms with Crippen molar-refractivity contribution in [3.8, 4) is 11.5 Å². The fourth-order valence-corrected chi connectivity index (χ4v) is 2.22. The van der Waals surface area contributed by atoms with Crippen LogP contribution < -0.4 is 4.74 Å². The first-order valence-electron chi connectivity index (χ1n) is 6.34. The quantitative estimate of drug-likeness (QED) is 0.585. The fraction of sp³-hybridized carbons (Fsp3) is 0. The lowest BCUT2D eigenvalue weighted by molar-refractivity contribution is -0.131. The Morgan fingerprint density at radius 3 is 2.41 bits per heavy atom. The molecule has 0 unspecified atom stereocenters. The second kappa shape index (κ2) is 7.69. The Kier molecular flexibility index (Phi) is 5.64. The second-order valence-corrected chi connectivity index (χ2v) is 5.21. The number of carboxylic acid groups (broad SMARTS) is 1. The molecule has 0 aromatic heterocycles. The molecule has 0 spiro atoms. The Balaban J connectivity index is 2.12. The molecule has 2 rings (SSSR count). The van der Waals surface area contributed by atoms with Gasteiger partial charge < -0.3 is 9.84 Å². The summed E-state index contributed by atoms with van der Waals surface area (Å²) in [7, 11) is 0. The topological polar surface area (TPSA) is 46.5 Å². The average Bonchev–Trinajstić information content (AvgIpc) is 2.43. The molecule has 0 heterocycles. The summed E-state index contributed by atoms with van der Waals surface area (Å²) < 4.78 is 5.71. The molecule has 0 saturated carbocycles. The Labute approximate surface area is 138 Å². The van der Waals surface area contributed by atoms with Crippen LogP contribution in [-0.4, -0.2) is 11.1 Å². The molecule has 0 fully saturated rings. The Bertz CT molecular complexity index is 716. The van der Waals surface area contributed by atoms with Crippen molar-refractivity contribution in [3.05, 3.63) is 76.3 Å². The van der Waals surface area contributed by atoms with Crippen LogP contribution in [0.4, 0.5) is 0 Å². The molecular weight excluding hydrogens is 323 g/mol. The van der Waals surface area contributed by atoms with Crippen LogP contribution >= 0.6 is 23.2 Å². The predicted molar refractivity (Wildman–Crippen MR) is 88.8 cm³/mol. The van der Waals surface area contributed by atoms with Crippen LogP contribution in [0.15, 0.2) is 60.7 Å². The van der Waals surface area contributed by atoms with Gasteiger partial charge in [0.25, 0.3) is 0 Å². The Hall–Kier alpha value is -2.23. The van der Waals surface area contributed by atoms with E-state index in [-0.39, 0.29) is 0 Å². The number of hydrogen-bond acceptors (Lipinski definition) is 2. The van der Waals surface area contributed by atoms with E-state index in [4.69, 9.17) is 33.0 Å². The Morgan fingerprint density at radius 2 is 1.73 bits per heavy atom. The van der Waals surface area contributed by atoms with Crippen LogP contribution in [0.3, 0.4) is 0 Å². The molecule has 2 aromatic rings. The van der Waals surface area contributed by atoms with E-state index < -0.39 is 5.97 Å². The van der Waals surface area contributed by atoms with Gasteiger partial charge in [-0.15, -0.1) is 0 Å². The smallest absolute Gasteiger partial charge is 0.328 e. The van der Waals surface area contributed by atoms with E-state index in [1.54, 1.807) is 36.4 Å². The maximum absolute atomic E-state index is 10.4. The van der Waals surface area contributed by atoms with Gasteiger partial charge in [0.1, 0.15) is 11.5 Å². The van der Waals surface area contributed by atoms with Crippen LogP contribution in [0.25, 0.3) is 6.08 Å². The van der Waals surface area contributed by atoms with E-state index in [0.29, 0.717) is 21.5 Å². The number of allylic oxidation sites excluding steroid dienone is 2. The molecule has 22 heavy (non-hydrogen) atoms. The van der Waals surface area contributed by atoms with Crippen LogP contribution in [0.1, 0.15) is 5.56 Å². The summed E-state index contributed by atoms with van der Waals surface area (Å²) in [5.74, 6) is 0.187. The molecule has 0 atom stereocenters. The zero-order chi connectivity index (χ0) is 15.9. The first-order chi connectivity index (χ1) is 10.5. The van der Waals surface area contributed by atoms with E-state index in [2.05, 4.69) is 0 Å². The summed E-state index contributed by atoms with van der Waals surface area (Å²) in [6.07, 6.45) is 5.93. The molecule has 0 radical (unpaired) electrons. The van der Waals surface area contributed by atoms with E-state index in [1.807, 2.05) is 18.2 Å². The van der Waals surface area contributed by atoms with Crippen molar-refractivity contribution in [1.82, 2.24) is 0 Å². The first kappa shape index (κ1) is 16.1. The number of hydrogen-bond donors (Lipinski definition) is 1. The molecule has 2 aromatic carbocycles. The van der Waals surface area contributed by atoms with Crippen LogP contribution in [0, 0.1) is 0 Å². The molecule has 3 nitrogen and oxygen atoms in total. The van der Waals surface area contributed by atoms with Crippen molar-refractivity contribution in [1.29, 1.82) is 0 Å². The number of aliphatic carboxylic acids is 1. The van der Waals surface area contributed by atoms with Gasteiger partial charge in [-0.05, 0) is 35.9 Å². The highest BCUT2D eigenvalue weighted by molar-refractivity contribution is 6.34. The normalized spacial score (nSPS) is 11.2. The lowest BCUT2D eigenvalue weighted by atomic mass is 10.2. The van der Waals surface area contributed by atoms with Crippen molar-refractivity contribution in [2.45, 2.75) is 0 Å². The van der Waals surface area contributed by atoms with E-state index >= 15 is 0 Å². The van der Waals surface area contributed by atoms with Crippen molar-refractivity contribution in [2.24, 2.45) is 0 Å². The molecule has 0 aliphatic rings. The summed E-state index contributed by atoms with van der Waals surface area (Å²) in [6, 6.07) is 12.3. The molecule has 0 amide bonds. The summed E-state index contributed by atoms with van der Waals surface area (Å²) in [6.45, 7) is 0. The van der Waals surface area contributed by atoms with Crippen molar-refractivity contribution in [3.63, 3.8) is 0 Å². The Morgan fingerprint density at radius 1 is 1.00 bits per heavy atom. The molecule has 0 aliphatic heterocycles. The minimum atomic E-state index is -0.987.